The normalized spacial score (nSPS) is 47.8. The van der Waals surface area contributed by atoms with Crippen molar-refractivity contribution < 1.29 is 69.7 Å². The summed E-state index contributed by atoms with van der Waals surface area (Å²) in [5.74, 6) is -2.58. The van der Waals surface area contributed by atoms with Crippen LogP contribution in [-0.4, -0.2) is 177 Å². The lowest BCUT2D eigenvalue weighted by Crippen LogP contribution is -2.60. The second kappa shape index (κ2) is 20.1. The van der Waals surface area contributed by atoms with E-state index in [9.17, 15) is 30.3 Å². The van der Waals surface area contributed by atoms with Gasteiger partial charge in [-0.2, -0.15) is 0 Å². The Hall–Kier alpha value is -1.09. The highest BCUT2D eigenvalue weighted by Crippen LogP contribution is 2.40. The van der Waals surface area contributed by atoms with Crippen molar-refractivity contribution in [1.82, 2.24) is 9.80 Å². The number of hydrogen-bond acceptors (Lipinski definition) is 14. The molecule has 0 bridgehead atoms. The average Bonchev–Trinajstić information content (AvgIpc) is 3.05. The summed E-state index contributed by atoms with van der Waals surface area (Å²) in [6.07, 6.45) is -8.19. The number of ether oxygens (including phenoxy) is 6. The molecule has 3 heterocycles. The predicted molar refractivity (Wildman–Crippen MR) is 201 cm³/mol. The smallest absolute Gasteiger partial charge is 0.311 e. The summed E-state index contributed by atoms with van der Waals surface area (Å²) in [5.41, 5.74) is -4.37. The van der Waals surface area contributed by atoms with E-state index in [1.807, 2.05) is 51.7 Å². The number of carbonyl (C=O) groups excluding carboxylic acids is 1. The van der Waals surface area contributed by atoms with Gasteiger partial charge < -0.3 is 74.7 Å². The highest BCUT2D eigenvalue weighted by Gasteiger charge is 2.52. The second-order valence-electron chi connectivity index (χ2n) is 17.2. The van der Waals surface area contributed by atoms with Gasteiger partial charge in [-0.3, -0.25) is 4.79 Å². The van der Waals surface area contributed by atoms with Crippen LogP contribution in [0, 0.1) is 17.8 Å². The van der Waals surface area contributed by atoms with Crippen LogP contribution in [0.3, 0.4) is 0 Å². The highest BCUT2D eigenvalue weighted by atomic mass is 16.7. The minimum absolute atomic E-state index is 0. The van der Waals surface area contributed by atoms with Crippen molar-refractivity contribution in [3.63, 3.8) is 0 Å². The van der Waals surface area contributed by atoms with Crippen molar-refractivity contribution in [2.45, 2.75) is 185 Å². The van der Waals surface area contributed by atoms with Crippen LogP contribution in [0.25, 0.3) is 0 Å². The molecule has 16 nitrogen and oxygen atoms in total. The maximum absolute atomic E-state index is 14.2. The molecular weight excluding hydrogens is 708 g/mol. The minimum atomic E-state index is -1.80. The van der Waals surface area contributed by atoms with Gasteiger partial charge in [0.1, 0.15) is 30.0 Å². The summed E-state index contributed by atoms with van der Waals surface area (Å²) in [6, 6.07) is -0.808. The van der Waals surface area contributed by atoms with Gasteiger partial charge in [-0.15, -0.1) is 0 Å². The van der Waals surface area contributed by atoms with E-state index in [4.69, 9.17) is 28.4 Å². The van der Waals surface area contributed by atoms with Crippen molar-refractivity contribution in [2.24, 2.45) is 17.8 Å². The van der Waals surface area contributed by atoms with Crippen molar-refractivity contribution >= 4 is 5.97 Å². The van der Waals surface area contributed by atoms with E-state index in [-0.39, 0.29) is 48.3 Å². The first-order chi connectivity index (χ1) is 23.9. The van der Waals surface area contributed by atoms with E-state index < -0.39 is 96.0 Å². The van der Waals surface area contributed by atoms with Crippen molar-refractivity contribution in [2.75, 3.05) is 34.8 Å². The standard InChI is InChI=1S/C38H72N2O12.2H2O/c1-15-27-38(10,46)31(42)24(6)40(13)19-20(2)17-36(8,45)33(52-35-29(41)26(39(11)12)16-21(3)48-35)22(4)30(23(5)34(44)50-27)51-28-18-37(9,47-14)32(43)25(7)49-28;;/h20-33,35,41-43,45-46H,15-19H2,1-14H3;2*1H2/t20-,21-,22?,23-,24-,25+,26+,27-,28+,29+,30+,31-,32+,33-,35+,36-,37-,38-;;/m1../s1. The first-order valence-corrected chi connectivity index (χ1v) is 19.1. The molecule has 0 saturated carbocycles. The zero-order valence-corrected chi connectivity index (χ0v) is 35.2. The van der Waals surface area contributed by atoms with E-state index in [1.54, 1.807) is 41.5 Å². The SMILES string of the molecule is CC[C@H]1OC(=O)[C@H](C)[C@@H](O[C@H]2C[C@@](C)(OC)[C@@H](O)[C@H](C)O2)C(C)[C@@H](O[C@@H]2O[C@H](C)C[C@H](N(C)C)[C@@H]2O)[C@](C)(O)C[C@@H](C)CN(C)[C@H](C)[C@@H](O)[C@]1(C)O.O.O. The molecule has 3 rings (SSSR count). The number of aliphatic hydroxyl groups excluding tert-OH is 3. The molecule has 18 atom stereocenters. The lowest BCUT2D eigenvalue weighted by Gasteiger charge is -2.48. The van der Waals surface area contributed by atoms with Crippen LogP contribution in [-0.2, 0) is 33.2 Å². The quantitative estimate of drug-likeness (QED) is 0.218. The van der Waals surface area contributed by atoms with Crippen LogP contribution in [0.5, 0.6) is 0 Å². The Morgan fingerprint density at radius 2 is 1.52 bits per heavy atom. The fourth-order valence-electron chi connectivity index (χ4n) is 8.74. The molecule has 322 valence electrons. The average molecular weight is 785 g/mol. The molecule has 16 heteroatoms. The largest absolute Gasteiger partial charge is 0.459 e. The monoisotopic (exact) mass is 785 g/mol. The first kappa shape index (κ1) is 50.9. The molecule has 0 amide bonds. The molecule has 0 spiro atoms. The fraction of sp³-hybridized carbons (Fsp3) is 0.974. The van der Waals surface area contributed by atoms with Gasteiger partial charge in [-0.25, -0.2) is 0 Å². The van der Waals surface area contributed by atoms with Crippen LogP contribution >= 0.6 is 0 Å². The van der Waals surface area contributed by atoms with Crippen LogP contribution in [0.1, 0.15) is 94.9 Å². The van der Waals surface area contributed by atoms with Crippen molar-refractivity contribution in [3.8, 4) is 0 Å². The predicted octanol–water partition coefficient (Wildman–Crippen LogP) is 0.251. The first-order valence-electron chi connectivity index (χ1n) is 19.1. The number of carbonyl (C=O) groups is 1. The number of cyclic esters (lactones) is 1. The van der Waals surface area contributed by atoms with Crippen molar-refractivity contribution in [1.29, 1.82) is 0 Å². The fourth-order valence-corrected chi connectivity index (χ4v) is 8.74. The Kier molecular flexibility index (Phi) is 18.9. The summed E-state index contributed by atoms with van der Waals surface area (Å²) >= 11 is 0. The Bertz CT molecular complexity index is 1150. The molecule has 3 aliphatic heterocycles. The maximum atomic E-state index is 14.2. The Labute approximate surface area is 323 Å². The molecule has 3 saturated heterocycles. The number of nitrogens with zero attached hydrogens (tertiary/aromatic N) is 2. The molecule has 0 aromatic heterocycles. The number of esters is 1. The Morgan fingerprint density at radius 3 is 2.06 bits per heavy atom. The highest BCUT2D eigenvalue weighted by molar-refractivity contribution is 5.73. The van der Waals surface area contributed by atoms with Gasteiger partial charge in [0.2, 0.25) is 0 Å². The van der Waals surface area contributed by atoms with Crippen molar-refractivity contribution in [3.05, 3.63) is 0 Å². The molecule has 9 N–H and O–H groups in total. The number of rotatable bonds is 7. The summed E-state index contributed by atoms with van der Waals surface area (Å²) in [6.45, 7) is 18.0. The Morgan fingerprint density at radius 1 is 0.926 bits per heavy atom. The van der Waals surface area contributed by atoms with E-state index >= 15 is 0 Å². The molecule has 3 aliphatic rings. The molecular formula is C38H76N2O14. The number of methoxy groups -OCH3 is 1. The molecule has 0 aliphatic carbocycles. The Balaban J connectivity index is 0.00000729. The number of aliphatic hydroxyl groups is 5. The van der Waals surface area contributed by atoms with E-state index in [2.05, 4.69) is 0 Å². The van der Waals surface area contributed by atoms with Gasteiger partial charge in [0.15, 0.2) is 12.6 Å². The van der Waals surface area contributed by atoms with E-state index in [0.717, 1.165) is 0 Å². The van der Waals surface area contributed by atoms with Gasteiger partial charge in [0, 0.05) is 38.1 Å². The lowest BCUT2D eigenvalue weighted by molar-refractivity contribution is -0.318. The third kappa shape index (κ3) is 11.3. The molecule has 0 aromatic carbocycles. The molecule has 54 heavy (non-hydrogen) atoms. The molecule has 0 aromatic rings. The van der Waals surface area contributed by atoms with Crippen LogP contribution in [0.15, 0.2) is 0 Å². The van der Waals surface area contributed by atoms with E-state index in [1.165, 1.54) is 14.0 Å². The summed E-state index contributed by atoms with van der Waals surface area (Å²) in [7, 11) is 7.12. The van der Waals surface area contributed by atoms with E-state index in [0.29, 0.717) is 13.0 Å². The molecule has 3 fully saturated rings. The van der Waals surface area contributed by atoms with Gasteiger partial charge >= 0.3 is 5.97 Å². The zero-order chi connectivity index (χ0) is 39.7. The van der Waals surface area contributed by atoms with Crippen LogP contribution in [0.2, 0.25) is 0 Å². The molecule has 0 radical (unpaired) electrons. The van der Waals surface area contributed by atoms with Gasteiger partial charge in [0.05, 0.1) is 41.5 Å². The van der Waals surface area contributed by atoms with Gasteiger partial charge in [-0.05, 0) is 94.8 Å². The molecule has 1 unspecified atom stereocenters. The van der Waals surface area contributed by atoms with Crippen LogP contribution in [0.4, 0.5) is 0 Å². The second-order valence-corrected chi connectivity index (χ2v) is 17.2. The minimum Gasteiger partial charge on any atom is -0.459 e. The summed E-state index contributed by atoms with van der Waals surface area (Å²) in [4.78, 5) is 18.0. The van der Waals surface area contributed by atoms with Gasteiger partial charge in [-0.1, -0.05) is 20.8 Å². The third-order valence-corrected chi connectivity index (χ3v) is 12.2. The number of hydrogen-bond donors (Lipinski definition) is 5. The summed E-state index contributed by atoms with van der Waals surface area (Å²) < 4.78 is 37.5. The summed E-state index contributed by atoms with van der Waals surface area (Å²) in [5, 5.41) is 58.1. The van der Waals surface area contributed by atoms with Crippen LogP contribution < -0.4 is 0 Å². The van der Waals surface area contributed by atoms with Gasteiger partial charge in [0.25, 0.3) is 0 Å². The number of likely N-dealkylation sites (N-methyl/N-ethyl adjacent to an activating group) is 2. The zero-order valence-electron chi connectivity index (χ0n) is 35.2. The maximum Gasteiger partial charge on any atom is 0.311 e. The third-order valence-electron chi connectivity index (χ3n) is 12.2. The topological polar surface area (TPSA) is 243 Å². The lowest BCUT2D eigenvalue weighted by atomic mass is 9.77.